The summed E-state index contributed by atoms with van der Waals surface area (Å²) < 4.78 is 11.1. The molecule has 0 spiro atoms. The van der Waals surface area contributed by atoms with Gasteiger partial charge in [-0.1, -0.05) is 18.2 Å². The summed E-state index contributed by atoms with van der Waals surface area (Å²) >= 11 is 0. The minimum Gasteiger partial charge on any atom is -0.496 e. The van der Waals surface area contributed by atoms with Crippen molar-refractivity contribution in [3.8, 4) is 5.75 Å². The molecule has 2 saturated heterocycles. The molecule has 2 N–H and O–H groups in total. The molecule has 1 aromatic carbocycles. The number of halogens is 1. The van der Waals surface area contributed by atoms with Gasteiger partial charge in [-0.3, -0.25) is 14.8 Å². The number of hydrogen-bond donors (Lipinski definition) is 2. The van der Waals surface area contributed by atoms with Gasteiger partial charge < -0.3 is 20.1 Å². The highest BCUT2D eigenvalue weighted by molar-refractivity contribution is 14.0. The van der Waals surface area contributed by atoms with Crippen LogP contribution in [0, 0.1) is 0 Å². The van der Waals surface area contributed by atoms with Gasteiger partial charge in [0, 0.05) is 31.7 Å². The Balaban J connectivity index is 0.00000341. The average Bonchev–Trinajstić information content (AvgIpc) is 3.32. The van der Waals surface area contributed by atoms with Crippen molar-refractivity contribution in [3.05, 3.63) is 29.8 Å². The normalized spacial score (nSPS) is 19.0. The third-order valence-corrected chi connectivity index (χ3v) is 5.89. The van der Waals surface area contributed by atoms with Crippen LogP contribution in [0.5, 0.6) is 5.75 Å². The third kappa shape index (κ3) is 8.40. The van der Waals surface area contributed by atoms with Crippen LogP contribution in [0.25, 0.3) is 0 Å². The Kier molecular flexibility index (Phi) is 12.5. The highest BCUT2D eigenvalue weighted by atomic mass is 127. The molecule has 176 valence electrons. The SMILES string of the molecule is CCNC(=NCC(c1ccccc1OC)N1CCCC1)NCCCN1CCOCC1.I. The summed E-state index contributed by atoms with van der Waals surface area (Å²) in [6.45, 7) is 11.8. The molecule has 2 fully saturated rings. The van der Waals surface area contributed by atoms with Crippen LogP contribution in [0.4, 0.5) is 0 Å². The molecular formula is C23H40IN5O2. The molecule has 2 heterocycles. The van der Waals surface area contributed by atoms with E-state index in [0.717, 1.165) is 83.7 Å². The Morgan fingerprint density at radius 3 is 2.58 bits per heavy atom. The van der Waals surface area contributed by atoms with Crippen LogP contribution in [0.3, 0.4) is 0 Å². The molecule has 3 rings (SSSR count). The fraction of sp³-hybridized carbons (Fsp3) is 0.696. The van der Waals surface area contributed by atoms with Crippen molar-refractivity contribution >= 4 is 29.9 Å². The second-order valence-corrected chi connectivity index (χ2v) is 7.95. The average molecular weight is 546 g/mol. The Bertz CT molecular complexity index is 649. The van der Waals surface area contributed by atoms with Crippen LogP contribution < -0.4 is 15.4 Å². The number of nitrogens with one attached hydrogen (secondary N) is 2. The Hall–Kier alpha value is -1.10. The Morgan fingerprint density at radius 1 is 1.13 bits per heavy atom. The number of likely N-dealkylation sites (tertiary alicyclic amines) is 1. The molecule has 0 saturated carbocycles. The summed E-state index contributed by atoms with van der Waals surface area (Å²) in [4.78, 5) is 9.98. The van der Waals surface area contributed by atoms with Gasteiger partial charge in [-0.2, -0.15) is 0 Å². The summed E-state index contributed by atoms with van der Waals surface area (Å²) in [7, 11) is 1.75. The van der Waals surface area contributed by atoms with Crippen molar-refractivity contribution in [2.45, 2.75) is 32.2 Å². The molecule has 31 heavy (non-hydrogen) atoms. The van der Waals surface area contributed by atoms with Crippen molar-refractivity contribution in [2.75, 3.05) is 72.7 Å². The van der Waals surface area contributed by atoms with Gasteiger partial charge in [0.1, 0.15) is 5.75 Å². The predicted octanol–water partition coefficient (Wildman–Crippen LogP) is 2.73. The quantitative estimate of drug-likeness (QED) is 0.204. The number of guanidine groups is 1. The van der Waals surface area contributed by atoms with E-state index in [0.29, 0.717) is 0 Å². The molecule has 1 atom stereocenters. The van der Waals surface area contributed by atoms with Crippen molar-refractivity contribution in [2.24, 2.45) is 4.99 Å². The summed E-state index contributed by atoms with van der Waals surface area (Å²) in [6.07, 6.45) is 3.62. The predicted molar refractivity (Wildman–Crippen MR) is 138 cm³/mol. The molecule has 0 radical (unpaired) electrons. The molecule has 0 amide bonds. The first-order valence-corrected chi connectivity index (χ1v) is 11.5. The lowest BCUT2D eigenvalue weighted by Gasteiger charge is -2.28. The van der Waals surface area contributed by atoms with Gasteiger partial charge in [0.2, 0.25) is 0 Å². The molecule has 1 unspecified atom stereocenters. The minimum absolute atomic E-state index is 0. The molecule has 8 heteroatoms. The smallest absolute Gasteiger partial charge is 0.191 e. The molecule has 0 aromatic heterocycles. The van der Waals surface area contributed by atoms with Crippen LogP contribution in [-0.4, -0.2) is 88.4 Å². The fourth-order valence-corrected chi connectivity index (χ4v) is 4.26. The first-order chi connectivity index (χ1) is 14.8. The second kappa shape index (κ2) is 14.9. The maximum Gasteiger partial charge on any atom is 0.191 e. The highest BCUT2D eigenvalue weighted by Crippen LogP contribution is 2.31. The van der Waals surface area contributed by atoms with E-state index < -0.39 is 0 Å². The third-order valence-electron chi connectivity index (χ3n) is 5.89. The van der Waals surface area contributed by atoms with Crippen molar-refractivity contribution in [3.63, 3.8) is 0 Å². The van der Waals surface area contributed by atoms with E-state index in [1.807, 2.05) is 6.07 Å². The number of hydrogen-bond acceptors (Lipinski definition) is 5. The van der Waals surface area contributed by atoms with Crippen LogP contribution >= 0.6 is 24.0 Å². The molecule has 0 aliphatic carbocycles. The van der Waals surface area contributed by atoms with Crippen LogP contribution in [0.1, 0.15) is 37.8 Å². The van der Waals surface area contributed by atoms with E-state index in [9.17, 15) is 0 Å². The van der Waals surface area contributed by atoms with Gasteiger partial charge in [0.25, 0.3) is 0 Å². The number of aliphatic imine (C=N–C) groups is 1. The van der Waals surface area contributed by atoms with Gasteiger partial charge in [0.15, 0.2) is 5.96 Å². The zero-order valence-corrected chi connectivity index (χ0v) is 21.5. The lowest BCUT2D eigenvalue weighted by Crippen LogP contribution is -2.41. The van der Waals surface area contributed by atoms with E-state index in [4.69, 9.17) is 14.5 Å². The summed E-state index contributed by atoms with van der Waals surface area (Å²) in [5.41, 5.74) is 1.23. The largest absolute Gasteiger partial charge is 0.496 e. The topological polar surface area (TPSA) is 61.4 Å². The number of ether oxygens (including phenoxy) is 2. The van der Waals surface area contributed by atoms with E-state index in [-0.39, 0.29) is 30.0 Å². The van der Waals surface area contributed by atoms with Crippen molar-refractivity contribution in [1.82, 2.24) is 20.4 Å². The lowest BCUT2D eigenvalue weighted by molar-refractivity contribution is 0.0376. The highest BCUT2D eigenvalue weighted by Gasteiger charge is 2.25. The second-order valence-electron chi connectivity index (χ2n) is 7.95. The minimum atomic E-state index is 0. The maximum absolute atomic E-state index is 5.66. The van der Waals surface area contributed by atoms with Crippen molar-refractivity contribution in [1.29, 1.82) is 0 Å². The molecule has 2 aliphatic rings. The molecule has 2 aliphatic heterocycles. The monoisotopic (exact) mass is 545 g/mol. The number of morpholine rings is 1. The van der Waals surface area contributed by atoms with Crippen LogP contribution in [0.2, 0.25) is 0 Å². The van der Waals surface area contributed by atoms with Gasteiger partial charge in [-0.15, -0.1) is 24.0 Å². The van der Waals surface area contributed by atoms with Gasteiger partial charge in [-0.25, -0.2) is 0 Å². The first kappa shape index (κ1) is 26.2. The van der Waals surface area contributed by atoms with E-state index in [1.54, 1.807) is 7.11 Å². The van der Waals surface area contributed by atoms with E-state index in [2.05, 4.69) is 45.6 Å². The van der Waals surface area contributed by atoms with E-state index >= 15 is 0 Å². The Labute approximate surface area is 205 Å². The first-order valence-electron chi connectivity index (χ1n) is 11.5. The molecule has 7 nitrogen and oxygen atoms in total. The summed E-state index contributed by atoms with van der Waals surface area (Å²) in [5.74, 6) is 1.85. The van der Waals surface area contributed by atoms with Gasteiger partial charge in [0.05, 0.1) is 32.9 Å². The van der Waals surface area contributed by atoms with Gasteiger partial charge in [-0.05, 0) is 51.9 Å². The summed E-state index contributed by atoms with van der Waals surface area (Å²) in [6, 6.07) is 8.61. The number of rotatable bonds is 10. The van der Waals surface area contributed by atoms with Crippen LogP contribution in [0.15, 0.2) is 29.3 Å². The molecule has 0 bridgehead atoms. The fourth-order valence-electron chi connectivity index (χ4n) is 4.26. The van der Waals surface area contributed by atoms with Crippen LogP contribution in [-0.2, 0) is 4.74 Å². The van der Waals surface area contributed by atoms with E-state index in [1.165, 1.54) is 18.4 Å². The zero-order chi connectivity index (χ0) is 21.0. The maximum atomic E-state index is 5.66. The number of methoxy groups -OCH3 is 1. The van der Waals surface area contributed by atoms with Crippen molar-refractivity contribution < 1.29 is 9.47 Å². The number of para-hydroxylation sites is 1. The molecular weight excluding hydrogens is 505 g/mol. The van der Waals surface area contributed by atoms with Gasteiger partial charge >= 0.3 is 0 Å². The number of nitrogens with zero attached hydrogens (tertiary/aromatic N) is 3. The summed E-state index contributed by atoms with van der Waals surface area (Å²) in [5, 5.41) is 6.92. The zero-order valence-electron chi connectivity index (χ0n) is 19.1. The molecule has 1 aromatic rings. The lowest BCUT2D eigenvalue weighted by atomic mass is 10.0. The Morgan fingerprint density at radius 2 is 1.87 bits per heavy atom. The standard InChI is InChI=1S/C23H39N5O2.HI/c1-3-24-23(25-11-8-12-27-15-17-30-18-16-27)26-19-21(28-13-6-7-14-28)20-9-4-5-10-22(20)29-2;/h4-5,9-10,21H,3,6-8,11-19H2,1-2H3,(H2,24,25,26);1H. The number of benzene rings is 1.